The van der Waals surface area contributed by atoms with E-state index in [0.717, 1.165) is 16.5 Å². The number of hydrogen-bond acceptors (Lipinski definition) is 9. The minimum Gasteiger partial charge on any atom is -0.457 e. The van der Waals surface area contributed by atoms with Crippen molar-refractivity contribution in [3.63, 3.8) is 0 Å². The third kappa shape index (κ3) is 7.37. The first-order valence-corrected chi connectivity index (χ1v) is 17.3. The van der Waals surface area contributed by atoms with E-state index in [2.05, 4.69) is 16.0 Å². The molecule has 0 aliphatic carbocycles. The topological polar surface area (TPSA) is 184 Å². The van der Waals surface area contributed by atoms with Gasteiger partial charge in [-0.25, -0.2) is 19.4 Å². The number of fused-ring (bicyclic) bond motifs is 5. The number of nitrogens with zero attached hydrogens (tertiary/aromatic N) is 2. The molecular weight excluding hydrogens is 688 g/mol. The molecule has 3 atom stereocenters. The first-order valence-electron chi connectivity index (χ1n) is 17.3. The third-order valence-corrected chi connectivity index (χ3v) is 9.48. The maximum Gasteiger partial charge on any atom is 0.355 e. The molecule has 0 radical (unpaired) electrons. The normalized spacial score (nSPS) is 16.8. The Balaban J connectivity index is 0.00000523. The Hall–Kier alpha value is -5.27. The molecule has 14 heteroatoms. The second kappa shape index (κ2) is 16.0. The van der Waals surface area contributed by atoms with Crippen molar-refractivity contribution < 1.29 is 28.7 Å². The lowest BCUT2D eigenvalue weighted by molar-refractivity contribution is -0.191. The second-order valence-electron chi connectivity index (χ2n) is 13.2. The Labute approximate surface area is 307 Å². The van der Waals surface area contributed by atoms with Gasteiger partial charge in [-0.05, 0) is 68.5 Å². The summed E-state index contributed by atoms with van der Waals surface area (Å²) < 4.78 is 13.2. The van der Waals surface area contributed by atoms with Gasteiger partial charge < -0.3 is 35.7 Å². The molecule has 5 N–H and O–H groups in total. The van der Waals surface area contributed by atoms with Crippen LogP contribution in [0.3, 0.4) is 0 Å². The largest absolute Gasteiger partial charge is 0.457 e. The van der Waals surface area contributed by atoms with Crippen LogP contribution in [0.15, 0.2) is 71.5 Å². The maximum atomic E-state index is 14.1. The summed E-state index contributed by atoms with van der Waals surface area (Å²) in [6.07, 6.45) is 1.41. The average molecular weight is 731 g/mol. The Kier molecular flexibility index (Phi) is 11.7. The number of carbonyl (C=O) groups is 4. The van der Waals surface area contributed by atoms with E-state index in [1.807, 2.05) is 36.4 Å². The number of hydrogen-bond donors (Lipinski definition) is 4. The van der Waals surface area contributed by atoms with E-state index in [1.54, 1.807) is 55.7 Å². The highest BCUT2D eigenvalue weighted by Gasteiger charge is 2.51. The molecule has 0 spiro atoms. The number of anilines is 1. The van der Waals surface area contributed by atoms with E-state index in [1.165, 1.54) is 0 Å². The minimum absolute atomic E-state index is 0. The Morgan fingerprint density at radius 1 is 1.02 bits per heavy atom. The molecule has 2 aliphatic rings. The van der Waals surface area contributed by atoms with Crippen LogP contribution >= 0.6 is 12.4 Å². The zero-order valence-corrected chi connectivity index (χ0v) is 30.1. The van der Waals surface area contributed by atoms with Crippen molar-refractivity contribution in [2.45, 2.75) is 77.3 Å². The SMILES string of the molecule is CC[C@@]1(OC(=O)C(NC(=O)C(CCCCN)NC(=O)Nc2ccccc2)C(C)C)C(=O)OCc2c1cc1n(c2=O)Cc2cc3ccccc3nc2-1.Cl. The number of nitrogens with two attached hydrogens (primary N) is 1. The molecule has 0 saturated carbocycles. The summed E-state index contributed by atoms with van der Waals surface area (Å²) >= 11 is 0. The minimum atomic E-state index is -1.95. The summed E-state index contributed by atoms with van der Waals surface area (Å²) in [5, 5.41) is 9.10. The molecule has 6 rings (SSSR count). The van der Waals surface area contributed by atoms with Gasteiger partial charge in [0.15, 0.2) is 0 Å². The van der Waals surface area contributed by atoms with Gasteiger partial charge in [-0.1, -0.05) is 57.2 Å². The maximum absolute atomic E-state index is 14.1. The van der Waals surface area contributed by atoms with Crippen LogP contribution in [0.4, 0.5) is 10.5 Å². The smallest absolute Gasteiger partial charge is 0.355 e. The molecule has 3 amide bonds. The van der Waals surface area contributed by atoms with Crippen LogP contribution in [0.5, 0.6) is 0 Å². The number of unbranched alkanes of at least 4 members (excludes halogenated alkanes) is 1. The van der Waals surface area contributed by atoms with Gasteiger partial charge in [0.2, 0.25) is 11.5 Å². The van der Waals surface area contributed by atoms with Crippen LogP contribution in [-0.4, -0.2) is 52.1 Å². The Morgan fingerprint density at radius 3 is 2.46 bits per heavy atom. The number of para-hydroxylation sites is 2. The van der Waals surface area contributed by atoms with E-state index in [-0.39, 0.29) is 48.5 Å². The monoisotopic (exact) mass is 730 g/mol. The number of rotatable bonds is 12. The van der Waals surface area contributed by atoms with Crippen molar-refractivity contribution in [1.29, 1.82) is 0 Å². The molecule has 52 heavy (non-hydrogen) atoms. The number of urea groups is 1. The highest BCUT2D eigenvalue weighted by atomic mass is 35.5. The zero-order valence-electron chi connectivity index (χ0n) is 29.3. The van der Waals surface area contributed by atoms with Crippen molar-refractivity contribution in [3.8, 4) is 11.4 Å². The molecule has 2 aromatic carbocycles. The van der Waals surface area contributed by atoms with E-state index in [0.29, 0.717) is 43.0 Å². The molecular formula is C38H43ClN6O7. The number of halogens is 1. The lowest BCUT2D eigenvalue weighted by Gasteiger charge is -2.37. The molecule has 2 unspecified atom stereocenters. The predicted molar refractivity (Wildman–Crippen MR) is 198 cm³/mol. The highest BCUT2D eigenvalue weighted by Crippen LogP contribution is 2.41. The van der Waals surface area contributed by atoms with Gasteiger partial charge in [-0.3, -0.25) is 9.59 Å². The standard InChI is InChI=1S/C38H42N6O7.ClH/c1-4-38(27-19-30-32-24(18-23-12-8-9-15-28(23)41-32)20-44(30)34(46)26(27)21-50-36(38)48)51-35(47)31(22(2)3)43-33(45)29(16-10-11-17-39)42-37(49)40-25-13-6-5-7-14-25;/h5-9,12-15,18-19,22,29,31H,4,10-11,16-17,20-21,39H2,1-3H3,(H,43,45)(H2,40,42,49);1H/t29?,31?,38-;/m0./s1. The predicted octanol–water partition coefficient (Wildman–Crippen LogP) is 4.51. The summed E-state index contributed by atoms with van der Waals surface area (Å²) in [5.41, 5.74) is 7.09. The lowest BCUT2D eigenvalue weighted by atomic mass is 9.85. The summed E-state index contributed by atoms with van der Waals surface area (Å²) in [4.78, 5) is 73.0. The van der Waals surface area contributed by atoms with Crippen LogP contribution < -0.4 is 27.2 Å². The molecule has 13 nitrogen and oxygen atoms in total. The number of benzene rings is 2. The molecule has 274 valence electrons. The quantitative estimate of drug-likeness (QED) is 0.106. The van der Waals surface area contributed by atoms with Gasteiger partial charge in [-0.2, -0.15) is 0 Å². The van der Waals surface area contributed by atoms with Crippen molar-refractivity contribution in [1.82, 2.24) is 20.2 Å². The van der Waals surface area contributed by atoms with Gasteiger partial charge in [0.05, 0.1) is 29.0 Å². The van der Waals surface area contributed by atoms with Gasteiger partial charge in [0, 0.05) is 22.2 Å². The molecule has 4 heterocycles. The van der Waals surface area contributed by atoms with Gasteiger partial charge >= 0.3 is 18.0 Å². The number of aromatic nitrogens is 2. The van der Waals surface area contributed by atoms with Crippen LogP contribution in [0.2, 0.25) is 0 Å². The molecule has 0 saturated heterocycles. The number of amides is 3. The molecule has 2 aliphatic heterocycles. The lowest BCUT2D eigenvalue weighted by Crippen LogP contribution is -2.56. The van der Waals surface area contributed by atoms with Crippen LogP contribution in [0.25, 0.3) is 22.3 Å². The van der Waals surface area contributed by atoms with Crippen LogP contribution in [0.1, 0.15) is 63.1 Å². The zero-order chi connectivity index (χ0) is 36.3. The van der Waals surface area contributed by atoms with Gasteiger partial charge in [0.25, 0.3) is 5.56 Å². The molecule has 2 aromatic heterocycles. The molecule has 0 bridgehead atoms. The first kappa shape index (κ1) is 38.0. The van der Waals surface area contributed by atoms with Crippen molar-refractivity contribution in [2.75, 3.05) is 11.9 Å². The Morgan fingerprint density at radius 2 is 1.75 bits per heavy atom. The van der Waals surface area contributed by atoms with Crippen molar-refractivity contribution >= 4 is 52.9 Å². The number of pyridine rings is 2. The third-order valence-electron chi connectivity index (χ3n) is 9.48. The van der Waals surface area contributed by atoms with Gasteiger partial charge in [-0.15, -0.1) is 12.4 Å². The molecule has 4 aromatic rings. The van der Waals surface area contributed by atoms with E-state index in [4.69, 9.17) is 20.2 Å². The summed E-state index contributed by atoms with van der Waals surface area (Å²) in [6.45, 7) is 5.55. The summed E-state index contributed by atoms with van der Waals surface area (Å²) in [7, 11) is 0. The number of nitrogens with one attached hydrogen (secondary N) is 3. The van der Waals surface area contributed by atoms with E-state index in [9.17, 15) is 24.0 Å². The number of cyclic esters (lactones) is 1. The first-order chi connectivity index (χ1) is 24.6. The number of esters is 2. The Bertz CT molecular complexity index is 2050. The average Bonchev–Trinajstić information content (AvgIpc) is 3.48. The second-order valence-corrected chi connectivity index (χ2v) is 13.2. The number of ether oxygens (including phenoxy) is 2. The van der Waals surface area contributed by atoms with Gasteiger partial charge in [0.1, 0.15) is 18.7 Å². The van der Waals surface area contributed by atoms with E-state index < -0.39 is 47.5 Å². The number of carbonyl (C=O) groups excluding carboxylic acids is 4. The fourth-order valence-corrected chi connectivity index (χ4v) is 6.68. The highest BCUT2D eigenvalue weighted by molar-refractivity contribution is 5.95. The van der Waals surface area contributed by atoms with Crippen molar-refractivity contribution in [2.24, 2.45) is 11.7 Å². The summed E-state index contributed by atoms with van der Waals surface area (Å²) in [5.74, 6) is -2.78. The van der Waals surface area contributed by atoms with Crippen LogP contribution in [-0.2, 0) is 42.6 Å². The summed E-state index contributed by atoms with van der Waals surface area (Å²) in [6, 6.07) is 17.3. The molecule has 0 fully saturated rings. The van der Waals surface area contributed by atoms with Crippen LogP contribution in [0, 0.1) is 5.92 Å². The van der Waals surface area contributed by atoms with Crippen molar-refractivity contribution in [3.05, 3.63) is 93.8 Å². The van der Waals surface area contributed by atoms with E-state index >= 15 is 0 Å². The fourth-order valence-electron chi connectivity index (χ4n) is 6.68. The fraction of sp³-hybridized carbons (Fsp3) is 0.368.